The minimum atomic E-state index is -0.179. The predicted molar refractivity (Wildman–Crippen MR) is 106 cm³/mol. The lowest BCUT2D eigenvalue weighted by atomic mass is 9.79. The number of aromatic nitrogens is 1. The van der Waals surface area contributed by atoms with Gasteiger partial charge in [-0.1, -0.05) is 55.5 Å². The number of esters is 1. The first kappa shape index (κ1) is 17.0. The number of benzene rings is 2. The minimum Gasteiger partial charge on any atom is -0.466 e. The van der Waals surface area contributed by atoms with Crippen molar-refractivity contribution >= 4 is 38.3 Å². The molecule has 1 unspecified atom stereocenters. The first-order valence-corrected chi connectivity index (χ1v) is 9.74. The molecule has 134 valence electrons. The molecule has 0 saturated heterocycles. The van der Waals surface area contributed by atoms with E-state index < -0.39 is 0 Å². The Hall–Kier alpha value is -2.40. The van der Waals surface area contributed by atoms with Gasteiger partial charge in [0.1, 0.15) is 0 Å². The summed E-state index contributed by atoms with van der Waals surface area (Å²) in [6.07, 6.45) is 0.339. The molecular weight excluding hydrogens is 344 g/mol. The molecule has 3 aromatic rings. The number of ether oxygens (including phenoxy) is 1. The minimum absolute atomic E-state index is 0.0282. The maximum Gasteiger partial charge on any atom is 0.307 e. The number of thiazole rings is 1. The maximum atomic E-state index is 12.3. The van der Waals surface area contributed by atoms with Crippen molar-refractivity contribution in [3.05, 3.63) is 54.1 Å². The van der Waals surface area contributed by atoms with Crippen LogP contribution in [0.1, 0.15) is 32.8 Å². The van der Waals surface area contributed by atoms with Gasteiger partial charge >= 0.3 is 5.97 Å². The van der Waals surface area contributed by atoms with E-state index in [1.165, 1.54) is 5.56 Å². The van der Waals surface area contributed by atoms with Crippen molar-refractivity contribution in [2.75, 3.05) is 11.5 Å². The van der Waals surface area contributed by atoms with Gasteiger partial charge in [-0.15, -0.1) is 0 Å². The molecule has 0 N–H and O–H groups in total. The molecule has 0 aliphatic carbocycles. The van der Waals surface area contributed by atoms with E-state index in [1.807, 2.05) is 31.2 Å². The molecule has 2 heterocycles. The van der Waals surface area contributed by atoms with Crippen LogP contribution in [0.15, 0.2) is 48.5 Å². The van der Waals surface area contributed by atoms with Crippen LogP contribution in [0.5, 0.6) is 0 Å². The lowest BCUT2D eigenvalue weighted by Gasteiger charge is -2.32. The zero-order valence-electron chi connectivity index (χ0n) is 15.2. The molecule has 1 atom stereocenters. The highest BCUT2D eigenvalue weighted by Crippen LogP contribution is 2.51. The Morgan fingerprint density at radius 2 is 1.92 bits per heavy atom. The Bertz CT molecular complexity index is 930. The molecular formula is C21H22N2O2S. The second-order valence-corrected chi connectivity index (χ2v) is 8.11. The van der Waals surface area contributed by atoms with Crippen LogP contribution < -0.4 is 4.90 Å². The van der Waals surface area contributed by atoms with Gasteiger partial charge < -0.3 is 9.64 Å². The van der Waals surface area contributed by atoms with Gasteiger partial charge in [0.2, 0.25) is 0 Å². The number of fused-ring (bicyclic) bond motifs is 2. The van der Waals surface area contributed by atoms with E-state index in [0.29, 0.717) is 13.0 Å². The monoisotopic (exact) mass is 366 g/mol. The van der Waals surface area contributed by atoms with Crippen LogP contribution in [0.4, 0.5) is 10.8 Å². The van der Waals surface area contributed by atoms with Crippen LogP contribution in [-0.2, 0) is 14.9 Å². The van der Waals surface area contributed by atoms with Crippen LogP contribution in [0.25, 0.3) is 10.2 Å². The van der Waals surface area contributed by atoms with E-state index in [1.54, 1.807) is 11.3 Å². The first-order valence-electron chi connectivity index (χ1n) is 8.92. The number of para-hydroxylation sites is 2. The summed E-state index contributed by atoms with van der Waals surface area (Å²) in [5.41, 5.74) is 3.19. The van der Waals surface area contributed by atoms with E-state index in [-0.39, 0.29) is 17.4 Å². The second kappa shape index (κ2) is 6.40. The van der Waals surface area contributed by atoms with Gasteiger partial charge in [0, 0.05) is 11.1 Å². The average molecular weight is 366 g/mol. The molecule has 1 aromatic heterocycles. The number of carbonyl (C=O) groups excluding carboxylic acids is 1. The van der Waals surface area contributed by atoms with Crippen LogP contribution in [0, 0.1) is 0 Å². The Morgan fingerprint density at radius 1 is 1.19 bits per heavy atom. The molecule has 0 spiro atoms. The third kappa shape index (κ3) is 2.67. The fraction of sp³-hybridized carbons (Fsp3) is 0.333. The van der Waals surface area contributed by atoms with Crippen LogP contribution >= 0.6 is 11.3 Å². The molecule has 26 heavy (non-hydrogen) atoms. The highest BCUT2D eigenvalue weighted by atomic mass is 32.1. The van der Waals surface area contributed by atoms with Crippen LogP contribution in [-0.4, -0.2) is 23.6 Å². The van der Waals surface area contributed by atoms with E-state index in [2.05, 4.69) is 43.0 Å². The Labute approximate surface area is 157 Å². The van der Waals surface area contributed by atoms with Crippen molar-refractivity contribution in [3.8, 4) is 0 Å². The zero-order valence-corrected chi connectivity index (χ0v) is 16.0. The molecule has 4 rings (SSSR count). The molecule has 0 saturated carbocycles. The first-order chi connectivity index (χ1) is 12.5. The summed E-state index contributed by atoms with van der Waals surface area (Å²) in [6, 6.07) is 16.5. The summed E-state index contributed by atoms with van der Waals surface area (Å²) in [7, 11) is 0. The fourth-order valence-corrected chi connectivity index (χ4v) is 4.85. The van der Waals surface area contributed by atoms with Crippen molar-refractivity contribution < 1.29 is 9.53 Å². The van der Waals surface area contributed by atoms with Gasteiger partial charge in [-0.3, -0.25) is 4.79 Å². The Kier molecular flexibility index (Phi) is 4.19. The van der Waals surface area contributed by atoms with E-state index >= 15 is 0 Å². The molecule has 0 bridgehead atoms. The summed E-state index contributed by atoms with van der Waals surface area (Å²) in [6.45, 7) is 6.64. The topological polar surface area (TPSA) is 42.4 Å². The summed E-state index contributed by atoms with van der Waals surface area (Å²) < 4.78 is 6.41. The largest absolute Gasteiger partial charge is 0.466 e. The third-order valence-electron chi connectivity index (χ3n) is 5.16. The van der Waals surface area contributed by atoms with Crippen molar-refractivity contribution in [2.45, 2.75) is 38.6 Å². The van der Waals surface area contributed by atoms with Crippen LogP contribution in [0.3, 0.4) is 0 Å². The van der Waals surface area contributed by atoms with Gasteiger partial charge in [-0.25, -0.2) is 4.98 Å². The summed E-state index contributed by atoms with van der Waals surface area (Å²) >= 11 is 1.67. The fourth-order valence-electron chi connectivity index (χ4n) is 3.82. The lowest BCUT2D eigenvalue weighted by molar-refractivity contribution is -0.143. The molecule has 5 heteroatoms. The van der Waals surface area contributed by atoms with E-state index in [0.717, 1.165) is 21.0 Å². The van der Waals surface area contributed by atoms with Crippen molar-refractivity contribution in [1.29, 1.82) is 0 Å². The Balaban J connectivity index is 1.83. The molecule has 4 nitrogen and oxygen atoms in total. The van der Waals surface area contributed by atoms with E-state index in [4.69, 9.17) is 9.72 Å². The van der Waals surface area contributed by atoms with Gasteiger partial charge in [0.15, 0.2) is 5.13 Å². The molecule has 2 aromatic carbocycles. The summed E-state index contributed by atoms with van der Waals surface area (Å²) in [4.78, 5) is 19.4. The predicted octanol–water partition coefficient (Wildman–Crippen LogP) is 5.05. The zero-order chi connectivity index (χ0) is 18.3. The van der Waals surface area contributed by atoms with Crippen molar-refractivity contribution in [2.24, 2.45) is 0 Å². The number of anilines is 2. The van der Waals surface area contributed by atoms with Gasteiger partial charge in [-0.05, 0) is 30.7 Å². The molecule has 1 aliphatic heterocycles. The average Bonchev–Trinajstić information content (AvgIpc) is 3.13. The van der Waals surface area contributed by atoms with Gasteiger partial charge in [-0.2, -0.15) is 0 Å². The molecule has 0 fully saturated rings. The van der Waals surface area contributed by atoms with Gasteiger partial charge in [0.05, 0.1) is 29.3 Å². The smallest absolute Gasteiger partial charge is 0.307 e. The van der Waals surface area contributed by atoms with Gasteiger partial charge in [0.25, 0.3) is 0 Å². The quantitative estimate of drug-likeness (QED) is 0.606. The van der Waals surface area contributed by atoms with Crippen LogP contribution in [0.2, 0.25) is 0 Å². The number of nitrogens with zero attached hydrogens (tertiary/aromatic N) is 2. The maximum absolute atomic E-state index is 12.3. The molecule has 0 radical (unpaired) electrons. The normalized spacial score (nSPS) is 18.1. The molecule has 1 aliphatic rings. The van der Waals surface area contributed by atoms with Crippen molar-refractivity contribution in [1.82, 2.24) is 4.98 Å². The summed E-state index contributed by atoms with van der Waals surface area (Å²) in [5.74, 6) is -0.163. The number of hydrogen-bond donors (Lipinski definition) is 0. The second-order valence-electron chi connectivity index (χ2n) is 7.10. The Morgan fingerprint density at radius 3 is 2.69 bits per heavy atom. The number of rotatable bonds is 4. The number of hydrogen-bond acceptors (Lipinski definition) is 5. The molecule has 0 amide bonds. The van der Waals surface area contributed by atoms with Crippen molar-refractivity contribution in [3.63, 3.8) is 0 Å². The SMILES string of the molecule is CCOC(=O)CC1N(c2nc3ccccc3s2)c2ccccc2C1(C)C. The lowest BCUT2D eigenvalue weighted by Crippen LogP contribution is -2.41. The number of carbonyl (C=O) groups is 1. The highest BCUT2D eigenvalue weighted by molar-refractivity contribution is 7.22. The summed E-state index contributed by atoms with van der Waals surface area (Å²) in [5, 5.41) is 0.929. The third-order valence-corrected chi connectivity index (χ3v) is 6.19. The van der Waals surface area contributed by atoms with E-state index in [9.17, 15) is 4.79 Å². The standard InChI is InChI=1S/C21H22N2O2S/c1-4-25-19(24)13-18-21(2,3)14-9-5-7-11-16(14)23(18)20-22-15-10-6-8-12-17(15)26-20/h5-12,18H,4,13H2,1-3H3. The highest BCUT2D eigenvalue weighted by Gasteiger charge is 2.47.